The van der Waals surface area contributed by atoms with E-state index in [-0.39, 0.29) is 18.3 Å². The molecule has 0 atom stereocenters. The van der Waals surface area contributed by atoms with Crippen molar-refractivity contribution in [3.63, 3.8) is 0 Å². The minimum absolute atomic E-state index is 0.247. The molecule has 2 aromatic rings. The Morgan fingerprint density at radius 3 is 2.69 bits per heavy atom. The molecule has 0 fully saturated rings. The molecule has 26 heavy (non-hydrogen) atoms. The van der Waals surface area contributed by atoms with E-state index in [2.05, 4.69) is 10.3 Å². The molecule has 0 aliphatic rings. The smallest absolute Gasteiger partial charge is 0.226 e. The van der Waals surface area contributed by atoms with Crippen LogP contribution in [-0.2, 0) is 16.0 Å². The normalized spacial score (nSPS) is 10.3. The highest BCUT2D eigenvalue weighted by molar-refractivity contribution is 5.94. The molecule has 0 aliphatic heterocycles. The number of benzene rings is 1. The van der Waals surface area contributed by atoms with Crippen molar-refractivity contribution in [2.75, 3.05) is 20.3 Å². The minimum atomic E-state index is -0.342. The Labute approximate surface area is 153 Å². The van der Waals surface area contributed by atoms with Crippen LogP contribution in [-0.4, -0.2) is 37.2 Å². The third-order valence-electron chi connectivity index (χ3n) is 3.70. The predicted octanol–water partition coefficient (Wildman–Crippen LogP) is 2.11. The number of ether oxygens (including phenoxy) is 2. The van der Waals surface area contributed by atoms with Crippen LogP contribution in [0.2, 0.25) is 0 Å². The van der Waals surface area contributed by atoms with E-state index in [0.29, 0.717) is 19.6 Å². The van der Waals surface area contributed by atoms with Crippen molar-refractivity contribution in [3.05, 3.63) is 48.3 Å². The molecular weight excluding hydrogens is 332 g/mol. The molecule has 1 amide bonds. The molecule has 2 rings (SSSR count). The predicted molar refractivity (Wildman–Crippen MR) is 100 cm³/mol. The first kappa shape index (κ1) is 19.4. The lowest BCUT2D eigenvalue weighted by molar-refractivity contribution is -0.119. The monoisotopic (exact) mass is 356 g/mol. The van der Waals surface area contributed by atoms with Crippen LogP contribution in [0.1, 0.15) is 18.4 Å². The summed E-state index contributed by atoms with van der Waals surface area (Å²) in [7, 11) is 1.66. The van der Waals surface area contributed by atoms with Gasteiger partial charge in [-0.25, -0.2) is 0 Å². The topological polar surface area (TPSA) is 110 Å². The molecule has 1 aromatic carbocycles. The van der Waals surface area contributed by atoms with Crippen LogP contribution < -0.4 is 15.8 Å². The number of nitrogens with two attached hydrogens (primary N) is 1. The summed E-state index contributed by atoms with van der Waals surface area (Å²) >= 11 is 0. The van der Waals surface area contributed by atoms with Crippen LogP contribution in [0.5, 0.6) is 5.75 Å². The van der Waals surface area contributed by atoms with Gasteiger partial charge in [-0.15, -0.1) is 0 Å². The fraction of sp³-hybridized carbons (Fsp3) is 0.316. The molecule has 1 aromatic heterocycles. The molecule has 0 radical (unpaired) electrons. The molecule has 0 saturated carbocycles. The number of aryl methyl sites for hydroxylation is 1. The van der Waals surface area contributed by atoms with E-state index in [4.69, 9.17) is 20.6 Å². The first-order chi connectivity index (χ1) is 12.6. The number of amides is 1. The van der Waals surface area contributed by atoms with E-state index < -0.39 is 0 Å². The Bertz CT molecular complexity index is 735. The highest BCUT2D eigenvalue weighted by Gasteiger charge is 2.10. The van der Waals surface area contributed by atoms with Crippen molar-refractivity contribution in [1.82, 2.24) is 10.3 Å². The summed E-state index contributed by atoms with van der Waals surface area (Å²) in [5.41, 5.74) is 8.13. The van der Waals surface area contributed by atoms with Gasteiger partial charge in [0.1, 0.15) is 5.75 Å². The average Bonchev–Trinajstić information content (AvgIpc) is 2.64. The van der Waals surface area contributed by atoms with E-state index in [0.717, 1.165) is 28.9 Å². The van der Waals surface area contributed by atoms with Gasteiger partial charge in [-0.1, -0.05) is 12.1 Å². The summed E-state index contributed by atoms with van der Waals surface area (Å²) in [4.78, 5) is 15.7. The average molecular weight is 356 g/mol. The summed E-state index contributed by atoms with van der Waals surface area (Å²) < 4.78 is 11.0. The second kappa shape index (κ2) is 10.1. The highest BCUT2D eigenvalue weighted by Crippen LogP contribution is 2.31. The van der Waals surface area contributed by atoms with Crippen molar-refractivity contribution in [2.24, 2.45) is 5.73 Å². The summed E-state index contributed by atoms with van der Waals surface area (Å²) in [5, 5.41) is 9.37. The van der Waals surface area contributed by atoms with E-state index in [1.807, 2.05) is 30.3 Å². The van der Waals surface area contributed by atoms with Gasteiger partial charge in [-0.05, 0) is 35.7 Å². The van der Waals surface area contributed by atoms with E-state index in [1.165, 1.54) is 0 Å². The zero-order chi connectivity index (χ0) is 18.8. The van der Waals surface area contributed by atoms with Crippen molar-refractivity contribution >= 4 is 11.9 Å². The van der Waals surface area contributed by atoms with Crippen LogP contribution in [0.15, 0.2) is 42.7 Å². The number of hydrogen-bond donors (Lipinski definition) is 3. The number of guanidine groups is 1. The fourth-order valence-electron chi connectivity index (χ4n) is 2.47. The molecule has 4 N–H and O–H groups in total. The van der Waals surface area contributed by atoms with Gasteiger partial charge in [0.2, 0.25) is 5.91 Å². The van der Waals surface area contributed by atoms with Gasteiger partial charge in [0.25, 0.3) is 0 Å². The van der Waals surface area contributed by atoms with Crippen LogP contribution >= 0.6 is 0 Å². The minimum Gasteiger partial charge on any atom is -0.493 e. The first-order valence-electron chi connectivity index (χ1n) is 8.39. The molecule has 7 nitrogen and oxygen atoms in total. The number of nitrogens with one attached hydrogen (secondary N) is 2. The Kier molecular flexibility index (Phi) is 7.57. The standard InChI is InChI=1S/C19H24N4O3/c1-25-11-2-12-26-17-13-14(4-6-18(24)23-19(20)21)3-5-16(17)15-7-9-22-10-8-15/h3,5,7-10,13H,2,4,6,11-12H2,1H3,(H4,20,21,23,24). The zero-order valence-electron chi connectivity index (χ0n) is 14.8. The van der Waals surface area contributed by atoms with Crippen LogP contribution in [0.25, 0.3) is 11.1 Å². The third-order valence-corrected chi connectivity index (χ3v) is 3.70. The molecule has 0 bridgehead atoms. The molecule has 1 heterocycles. The molecule has 138 valence electrons. The van der Waals surface area contributed by atoms with Crippen molar-refractivity contribution < 1.29 is 14.3 Å². The first-order valence-corrected chi connectivity index (χ1v) is 8.39. The summed E-state index contributed by atoms with van der Waals surface area (Å²) in [6.45, 7) is 1.18. The van der Waals surface area contributed by atoms with Gasteiger partial charge in [-0.2, -0.15) is 0 Å². The maximum atomic E-state index is 11.7. The Balaban J connectivity index is 2.13. The van der Waals surface area contributed by atoms with Crippen LogP contribution in [0.3, 0.4) is 0 Å². The molecule has 0 aliphatic carbocycles. The maximum absolute atomic E-state index is 11.7. The number of hydrogen-bond acceptors (Lipinski definition) is 5. The van der Waals surface area contributed by atoms with Crippen molar-refractivity contribution in [1.29, 1.82) is 5.41 Å². The molecule has 7 heteroatoms. The number of carbonyl (C=O) groups excluding carboxylic acids is 1. The molecule has 0 spiro atoms. The second-order valence-electron chi connectivity index (χ2n) is 5.72. The van der Waals surface area contributed by atoms with Gasteiger partial charge in [-0.3, -0.25) is 20.5 Å². The van der Waals surface area contributed by atoms with Gasteiger partial charge >= 0.3 is 0 Å². The molecule has 0 saturated heterocycles. The van der Waals surface area contributed by atoms with E-state index in [1.54, 1.807) is 19.5 Å². The Hall–Kier alpha value is -2.93. The number of aromatic nitrogens is 1. The maximum Gasteiger partial charge on any atom is 0.226 e. The van der Waals surface area contributed by atoms with Crippen LogP contribution in [0, 0.1) is 5.41 Å². The number of rotatable bonds is 9. The van der Waals surface area contributed by atoms with Gasteiger partial charge in [0, 0.05) is 44.5 Å². The largest absolute Gasteiger partial charge is 0.493 e. The van der Waals surface area contributed by atoms with Crippen molar-refractivity contribution in [2.45, 2.75) is 19.3 Å². The number of pyridine rings is 1. The third kappa shape index (κ3) is 6.18. The summed E-state index contributed by atoms with van der Waals surface area (Å²) in [5.74, 6) is 0.139. The SMILES string of the molecule is COCCCOc1cc(CCC(=O)NC(=N)N)ccc1-c1ccncc1. The second-order valence-corrected chi connectivity index (χ2v) is 5.72. The van der Waals surface area contributed by atoms with E-state index >= 15 is 0 Å². The lowest BCUT2D eigenvalue weighted by atomic mass is 10.0. The highest BCUT2D eigenvalue weighted by atomic mass is 16.5. The zero-order valence-corrected chi connectivity index (χ0v) is 14.8. The Morgan fingerprint density at radius 2 is 2.00 bits per heavy atom. The lowest BCUT2D eigenvalue weighted by Gasteiger charge is -2.14. The van der Waals surface area contributed by atoms with Gasteiger partial charge in [0.15, 0.2) is 5.96 Å². The lowest BCUT2D eigenvalue weighted by Crippen LogP contribution is -2.35. The van der Waals surface area contributed by atoms with Gasteiger partial charge in [0.05, 0.1) is 6.61 Å². The molecular formula is C19H24N4O3. The quantitative estimate of drug-likeness (QED) is 0.362. The summed E-state index contributed by atoms with van der Waals surface area (Å²) in [6.07, 6.45) is 5.05. The summed E-state index contributed by atoms with van der Waals surface area (Å²) in [6, 6.07) is 9.76. The number of carbonyl (C=O) groups is 1. The van der Waals surface area contributed by atoms with Gasteiger partial charge < -0.3 is 15.2 Å². The number of nitrogens with zero attached hydrogens (tertiary/aromatic N) is 1. The van der Waals surface area contributed by atoms with E-state index in [9.17, 15) is 4.79 Å². The molecule has 0 unspecified atom stereocenters. The van der Waals surface area contributed by atoms with Crippen LogP contribution in [0.4, 0.5) is 0 Å². The Morgan fingerprint density at radius 1 is 1.23 bits per heavy atom. The number of methoxy groups -OCH3 is 1. The van der Waals surface area contributed by atoms with Crippen molar-refractivity contribution in [3.8, 4) is 16.9 Å². The fourth-order valence-corrected chi connectivity index (χ4v) is 2.47.